The summed E-state index contributed by atoms with van der Waals surface area (Å²) in [6.45, 7) is 2.28. The SMILES string of the molecule is CCOC(=O)NCC1c2ccccc2Oc2ccc(Cl)cc2C1CO. The largest absolute Gasteiger partial charge is 0.457 e. The fourth-order valence-electron chi connectivity index (χ4n) is 3.19. The molecule has 1 aliphatic rings. The van der Waals surface area contributed by atoms with E-state index < -0.39 is 6.09 Å². The molecule has 6 heteroatoms. The van der Waals surface area contributed by atoms with E-state index in [2.05, 4.69) is 5.32 Å². The summed E-state index contributed by atoms with van der Waals surface area (Å²) in [6, 6.07) is 13.0. The van der Waals surface area contributed by atoms with Crippen LogP contribution in [0.4, 0.5) is 4.79 Å². The molecule has 2 aromatic carbocycles. The van der Waals surface area contributed by atoms with E-state index in [-0.39, 0.29) is 18.4 Å². The van der Waals surface area contributed by atoms with E-state index >= 15 is 0 Å². The number of aliphatic hydroxyl groups is 1. The van der Waals surface area contributed by atoms with Crippen LogP contribution in [0.3, 0.4) is 0 Å². The first-order chi connectivity index (χ1) is 12.1. The molecule has 3 rings (SSSR count). The topological polar surface area (TPSA) is 67.8 Å². The highest BCUT2D eigenvalue weighted by Crippen LogP contribution is 2.46. The van der Waals surface area contributed by atoms with Gasteiger partial charge in [0.2, 0.25) is 0 Å². The highest BCUT2D eigenvalue weighted by atomic mass is 35.5. The smallest absolute Gasteiger partial charge is 0.407 e. The van der Waals surface area contributed by atoms with Crippen LogP contribution in [0.5, 0.6) is 11.5 Å². The molecule has 2 aromatic rings. The van der Waals surface area contributed by atoms with Gasteiger partial charge >= 0.3 is 6.09 Å². The lowest BCUT2D eigenvalue weighted by Crippen LogP contribution is -2.32. The molecule has 1 heterocycles. The maximum atomic E-state index is 11.7. The van der Waals surface area contributed by atoms with Gasteiger partial charge in [0.25, 0.3) is 0 Å². The Balaban J connectivity index is 2.01. The quantitative estimate of drug-likeness (QED) is 0.862. The van der Waals surface area contributed by atoms with Crippen molar-refractivity contribution in [2.75, 3.05) is 19.8 Å². The minimum absolute atomic E-state index is 0.0970. The standard InChI is InChI=1S/C19H20ClNO4/c1-2-24-19(23)21-10-15-13-5-3-4-6-17(13)25-18-8-7-12(20)9-14(18)16(15)11-22/h3-9,15-16,22H,2,10-11H2,1H3,(H,21,23). The molecule has 2 atom stereocenters. The number of nitrogens with one attached hydrogen (secondary N) is 1. The van der Waals surface area contributed by atoms with Crippen LogP contribution in [0.2, 0.25) is 5.02 Å². The van der Waals surface area contributed by atoms with Gasteiger partial charge in [-0.25, -0.2) is 4.79 Å². The Hall–Kier alpha value is -2.24. The molecule has 0 spiro atoms. The predicted molar refractivity (Wildman–Crippen MR) is 95.6 cm³/mol. The number of hydrogen-bond donors (Lipinski definition) is 2. The molecule has 2 unspecified atom stereocenters. The van der Waals surface area contributed by atoms with E-state index in [0.717, 1.165) is 11.1 Å². The predicted octanol–water partition coefficient (Wildman–Crippen LogP) is 4.05. The molecule has 0 saturated carbocycles. The van der Waals surface area contributed by atoms with E-state index in [1.165, 1.54) is 0 Å². The summed E-state index contributed by atoms with van der Waals surface area (Å²) in [5.41, 5.74) is 1.74. The van der Waals surface area contributed by atoms with Gasteiger partial charge in [-0.3, -0.25) is 0 Å². The number of fused-ring (bicyclic) bond motifs is 2. The molecule has 0 radical (unpaired) electrons. The number of hydrogen-bond acceptors (Lipinski definition) is 4. The Bertz CT molecular complexity index is 765. The molecule has 0 saturated heterocycles. The first-order valence-electron chi connectivity index (χ1n) is 8.21. The fourth-order valence-corrected chi connectivity index (χ4v) is 3.37. The molecule has 0 fully saturated rings. The van der Waals surface area contributed by atoms with Gasteiger partial charge in [0.05, 0.1) is 13.2 Å². The van der Waals surface area contributed by atoms with Gasteiger partial charge in [-0.05, 0) is 31.2 Å². The van der Waals surface area contributed by atoms with Crippen molar-refractivity contribution in [3.05, 3.63) is 58.6 Å². The first kappa shape index (κ1) is 17.6. The van der Waals surface area contributed by atoms with Crippen LogP contribution in [-0.4, -0.2) is 31.0 Å². The second-order valence-electron chi connectivity index (χ2n) is 5.82. The van der Waals surface area contributed by atoms with Crippen molar-refractivity contribution >= 4 is 17.7 Å². The normalized spacial score (nSPS) is 18.4. The number of para-hydroxylation sites is 1. The summed E-state index contributed by atoms with van der Waals surface area (Å²) in [7, 11) is 0. The average Bonchev–Trinajstić information content (AvgIpc) is 2.74. The number of rotatable bonds is 4. The van der Waals surface area contributed by atoms with E-state index in [1.807, 2.05) is 24.3 Å². The van der Waals surface area contributed by atoms with E-state index in [0.29, 0.717) is 29.7 Å². The lowest BCUT2D eigenvalue weighted by atomic mass is 9.82. The Kier molecular flexibility index (Phi) is 5.46. The van der Waals surface area contributed by atoms with Crippen LogP contribution in [0.1, 0.15) is 29.9 Å². The van der Waals surface area contributed by atoms with Crippen molar-refractivity contribution in [2.24, 2.45) is 0 Å². The highest BCUT2D eigenvalue weighted by molar-refractivity contribution is 6.30. The van der Waals surface area contributed by atoms with E-state index in [1.54, 1.807) is 25.1 Å². The van der Waals surface area contributed by atoms with Crippen LogP contribution >= 0.6 is 11.6 Å². The number of carbonyl (C=O) groups is 1. The summed E-state index contributed by atoms with van der Waals surface area (Å²) < 4.78 is 11.0. The average molecular weight is 362 g/mol. The van der Waals surface area contributed by atoms with Crippen molar-refractivity contribution < 1.29 is 19.4 Å². The minimum atomic E-state index is -0.479. The minimum Gasteiger partial charge on any atom is -0.457 e. The van der Waals surface area contributed by atoms with Crippen LogP contribution in [-0.2, 0) is 4.74 Å². The number of halogens is 1. The van der Waals surface area contributed by atoms with Gasteiger partial charge in [0, 0.05) is 34.5 Å². The van der Waals surface area contributed by atoms with E-state index in [9.17, 15) is 9.90 Å². The summed E-state index contributed by atoms with van der Waals surface area (Å²) >= 11 is 6.15. The number of aliphatic hydroxyl groups excluding tert-OH is 1. The van der Waals surface area contributed by atoms with Crippen LogP contribution in [0, 0.1) is 0 Å². The second-order valence-corrected chi connectivity index (χ2v) is 6.26. The summed E-state index contributed by atoms with van der Waals surface area (Å²) in [4.78, 5) is 11.7. The molecular weight excluding hydrogens is 342 g/mol. The Morgan fingerprint density at radius 1 is 1.20 bits per heavy atom. The van der Waals surface area contributed by atoms with Crippen molar-refractivity contribution in [3.8, 4) is 11.5 Å². The Morgan fingerprint density at radius 3 is 2.72 bits per heavy atom. The molecule has 0 aromatic heterocycles. The van der Waals surface area contributed by atoms with Gasteiger partial charge in [0.15, 0.2) is 0 Å². The van der Waals surface area contributed by atoms with Crippen molar-refractivity contribution in [2.45, 2.75) is 18.8 Å². The zero-order chi connectivity index (χ0) is 17.8. The lowest BCUT2D eigenvalue weighted by molar-refractivity contribution is 0.150. The van der Waals surface area contributed by atoms with E-state index in [4.69, 9.17) is 21.1 Å². The second kappa shape index (κ2) is 7.76. The third kappa shape index (κ3) is 3.72. The number of benzene rings is 2. The number of amides is 1. The summed E-state index contributed by atoms with van der Waals surface area (Å²) in [5.74, 6) is 0.928. The Labute approximate surface area is 151 Å². The first-order valence-corrected chi connectivity index (χ1v) is 8.59. The van der Waals surface area contributed by atoms with Gasteiger partial charge in [0.1, 0.15) is 11.5 Å². The molecule has 25 heavy (non-hydrogen) atoms. The molecule has 5 nitrogen and oxygen atoms in total. The fraction of sp³-hybridized carbons (Fsp3) is 0.316. The number of ether oxygens (including phenoxy) is 2. The lowest BCUT2D eigenvalue weighted by Gasteiger charge is -2.25. The monoisotopic (exact) mass is 361 g/mol. The molecule has 132 valence electrons. The van der Waals surface area contributed by atoms with Crippen molar-refractivity contribution in [1.29, 1.82) is 0 Å². The molecular formula is C19H20ClNO4. The highest BCUT2D eigenvalue weighted by Gasteiger charge is 2.32. The molecule has 0 aliphatic carbocycles. The molecule has 1 amide bonds. The zero-order valence-corrected chi connectivity index (χ0v) is 14.6. The zero-order valence-electron chi connectivity index (χ0n) is 13.9. The molecule has 0 bridgehead atoms. The maximum absolute atomic E-state index is 11.7. The summed E-state index contributed by atoms with van der Waals surface area (Å²) in [5, 5.41) is 13.4. The van der Waals surface area contributed by atoms with Crippen LogP contribution < -0.4 is 10.1 Å². The van der Waals surface area contributed by atoms with Crippen molar-refractivity contribution in [1.82, 2.24) is 5.32 Å². The third-order valence-corrected chi connectivity index (χ3v) is 4.57. The van der Waals surface area contributed by atoms with Gasteiger partial charge in [-0.2, -0.15) is 0 Å². The molecule has 1 aliphatic heterocycles. The summed E-state index contributed by atoms with van der Waals surface area (Å²) in [6.07, 6.45) is -0.479. The third-order valence-electron chi connectivity index (χ3n) is 4.33. The number of carbonyl (C=O) groups excluding carboxylic acids is 1. The molecule has 2 N–H and O–H groups in total. The van der Waals surface area contributed by atoms with Crippen LogP contribution in [0.25, 0.3) is 0 Å². The van der Waals surface area contributed by atoms with Gasteiger partial charge in [-0.15, -0.1) is 0 Å². The Morgan fingerprint density at radius 2 is 1.96 bits per heavy atom. The van der Waals surface area contributed by atoms with Crippen LogP contribution in [0.15, 0.2) is 42.5 Å². The van der Waals surface area contributed by atoms with Gasteiger partial charge in [-0.1, -0.05) is 29.8 Å². The van der Waals surface area contributed by atoms with Gasteiger partial charge < -0.3 is 19.9 Å². The van der Waals surface area contributed by atoms with Crippen molar-refractivity contribution in [3.63, 3.8) is 0 Å². The number of alkyl carbamates (subject to hydrolysis) is 1. The maximum Gasteiger partial charge on any atom is 0.407 e.